The van der Waals surface area contributed by atoms with E-state index in [9.17, 15) is 13.2 Å². The minimum atomic E-state index is -2.95. The third kappa shape index (κ3) is 3.96. The lowest BCUT2D eigenvalue weighted by molar-refractivity contribution is -0.133. The molecular formula is C18H26N2O5S. The molecule has 1 aromatic rings. The van der Waals surface area contributed by atoms with Crippen molar-refractivity contribution in [2.24, 2.45) is 0 Å². The van der Waals surface area contributed by atoms with E-state index in [1.807, 2.05) is 29.0 Å². The van der Waals surface area contributed by atoms with Crippen molar-refractivity contribution >= 4 is 15.7 Å². The molecular weight excluding hydrogens is 356 g/mol. The van der Waals surface area contributed by atoms with Crippen LogP contribution >= 0.6 is 0 Å². The largest absolute Gasteiger partial charge is 0.493 e. The zero-order valence-corrected chi connectivity index (χ0v) is 16.3. The van der Waals surface area contributed by atoms with Crippen LogP contribution in [0.25, 0.3) is 0 Å². The van der Waals surface area contributed by atoms with E-state index in [1.54, 1.807) is 14.2 Å². The molecule has 7 nitrogen and oxygen atoms in total. The highest BCUT2D eigenvalue weighted by atomic mass is 32.2. The maximum atomic E-state index is 12.7. The summed E-state index contributed by atoms with van der Waals surface area (Å²) in [5.41, 5.74) is 2.23. The number of hydrogen-bond acceptors (Lipinski definition) is 6. The maximum absolute atomic E-state index is 12.7. The molecule has 0 radical (unpaired) electrons. The Labute approximate surface area is 154 Å². The molecule has 0 saturated carbocycles. The van der Waals surface area contributed by atoms with Crippen LogP contribution in [0.4, 0.5) is 0 Å². The number of fused-ring (bicyclic) bond motifs is 1. The molecule has 26 heavy (non-hydrogen) atoms. The zero-order chi connectivity index (χ0) is 18.9. The fourth-order valence-corrected chi connectivity index (χ4v) is 5.47. The number of hydrogen-bond donors (Lipinski definition) is 0. The number of benzene rings is 1. The van der Waals surface area contributed by atoms with Gasteiger partial charge in [-0.05, 0) is 43.1 Å². The first-order valence-corrected chi connectivity index (χ1v) is 10.6. The molecule has 8 heteroatoms. The molecule has 0 N–H and O–H groups in total. The van der Waals surface area contributed by atoms with E-state index in [-0.39, 0.29) is 30.0 Å². The molecule has 0 bridgehead atoms. The number of methoxy groups -OCH3 is 2. The van der Waals surface area contributed by atoms with Gasteiger partial charge in [-0.25, -0.2) is 8.42 Å². The summed E-state index contributed by atoms with van der Waals surface area (Å²) in [6.45, 7) is 1.42. The lowest BCUT2D eigenvalue weighted by Crippen LogP contribution is -2.44. The van der Waals surface area contributed by atoms with Crippen molar-refractivity contribution in [1.29, 1.82) is 0 Å². The summed E-state index contributed by atoms with van der Waals surface area (Å²) in [4.78, 5) is 16.4. The van der Waals surface area contributed by atoms with Gasteiger partial charge in [-0.3, -0.25) is 9.69 Å². The average molecular weight is 382 g/mol. The van der Waals surface area contributed by atoms with E-state index in [0.717, 1.165) is 12.0 Å². The number of carbonyl (C=O) groups is 1. The molecule has 1 atom stereocenters. The first-order chi connectivity index (χ1) is 12.3. The van der Waals surface area contributed by atoms with E-state index in [1.165, 1.54) is 5.56 Å². The van der Waals surface area contributed by atoms with E-state index >= 15 is 0 Å². The Morgan fingerprint density at radius 2 is 1.88 bits per heavy atom. The second kappa shape index (κ2) is 7.44. The number of likely N-dealkylation sites (N-methyl/N-ethyl adjacent to an activating group) is 1. The minimum absolute atomic E-state index is 0.0252. The molecule has 1 saturated heterocycles. The van der Waals surface area contributed by atoms with Crippen LogP contribution in [0.5, 0.6) is 11.5 Å². The van der Waals surface area contributed by atoms with E-state index in [4.69, 9.17) is 9.47 Å². The van der Waals surface area contributed by atoms with Gasteiger partial charge in [0.05, 0.1) is 32.3 Å². The van der Waals surface area contributed by atoms with Gasteiger partial charge in [-0.1, -0.05) is 0 Å². The maximum Gasteiger partial charge on any atom is 0.237 e. The Morgan fingerprint density at radius 3 is 2.46 bits per heavy atom. The normalized spacial score (nSPS) is 21.5. The summed E-state index contributed by atoms with van der Waals surface area (Å²) in [5.74, 6) is 1.75. The summed E-state index contributed by atoms with van der Waals surface area (Å²) in [6.07, 6.45) is 1.37. The summed E-state index contributed by atoms with van der Waals surface area (Å²) >= 11 is 0. The third-order valence-electron chi connectivity index (χ3n) is 5.29. The smallest absolute Gasteiger partial charge is 0.237 e. The molecule has 144 valence electrons. The monoisotopic (exact) mass is 382 g/mol. The van der Waals surface area contributed by atoms with Gasteiger partial charge in [-0.2, -0.15) is 0 Å². The minimum Gasteiger partial charge on any atom is -0.493 e. The van der Waals surface area contributed by atoms with Crippen molar-refractivity contribution in [3.8, 4) is 11.5 Å². The molecule has 1 amide bonds. The highest BCUT2D eigenvalue weighted by Crippen LogP contribution is 2.33. The Hall–Kier alpha value is -1.80. The van der Waals surface area contributed by atoms with Crippen LogP contribution in [0, 0.1) is 0 Å². The molecule has 3 rings (SSSR count). The van der Waals surface area contributed by atoms with Crippen molar-refractivity contribution in [1.82, 2.24) is 9.80 Å². The SMILES string of the molecule is COc1cc2c(cc1OC)CN(C(=O)CN(C)C1CCS(=O)(=O)C1)CC2. The molecule has 1 unspecified atom stereocenters. The Balaban J connectivity index is 1.65. The van der Waals surface area contributed by atoms with Crippen LogP contribution in [0.3, 0.4) is 0 Å². The Morgan fingerprint density at radius 1 is 1.23 bits per heavy atom. The summed E-state index contributed by atoms with van der Waals surface area (Å²) in [5, 5.41) is 0. The van der Waals surface area contributed by atoms with E-state index < -0.39 is 9.84 Å². The number of sulfone groups is 1. The summed E-state index contributed by atoms with van der Waals surface area (Å²) in [6, 6.07) is 3.84. The second-order valence-electron chi connectivity index (χ2n) is 7.01. The fourth-order valence-electron chi connectivity index (χ4n) is 3.66. The quantitative estimate of drug-likeness (QED) is 0.747. The molecule has 0 aliphatic carbocycles. The van der Waals surface area contributed by atoms with Crippen LogP contribution in [-0.4, -0.2) is 76.0 Å². The van der Waals surface area contributed by atoms with Gasteiger partial charge in [0.25, 0.3) is 0 Å². The van der Waals surface area contributed by atoms with Crippen LogP contribution in [0.1, 0.15) is 17.5 Å². The Kier molecular flexibility index (Phi) is 5.43. The number of amides is 1. The first kappa shape index (κ1) is 19.0. The van der Waals surface area contributed by atoms with Gasteiger partial charge in [0.15, 0.2) is 21.3 Å². The van der Waals surface area contributed by atoms with Gasteiger partial charge >= 0.3 is 0 Å². The van der Waals surface area contributed by atoms with Crippen LogP contribution in [-0.2, 0) is 27.6 Å². The fraction of sp³-hybridized carbons (Fsp3) is 0.611. The molecule has 0 aromatic heterocycles. The lowest BCUT2D eigenvalue weighted by atomic mass is 9.98. The average Bonchev–Trinajstić information content (AvgIpc) is 2.99. The van der Waals surface area contributed by atoms with E-state index in [2.05, 4.69) is 0 Å². The standard InChI is InChI=1S/C18H26N2O5S/c1-19(15-5-7-26(22,23)12-15)11-18(21)20-6-4-13-8-16(24-2)17(25-3)9-14(13)10-20/h8-9,15H,4-7,10-12H2,1-3H3. The number of ether oxygens (including phenoxy) is 2. The van der Waals surface area contributed by atoms with E-state index in [0.29, 0.717) is 31.0 Å². The van der Waals surface area contributed by atoms with Crippen molar-refractivity contribution < 1.29 is 22.7 Å². The number of rotatable bonds is 5. The van der Waals surface area contributed by atoms with Crippen LogP contribution < -0.4 is 9.47 Å². The highest BCUT2D eigenvalue weighted by molar-refractivity contribution is 7.91. The zero-order valence-electron chi connectivity index (χ0n) is 15.5. The third-order valence-corrected chi connectivity index (χ3v) is 7.04. The predicted octanol–water partition coefficient (Wildman–Crippen LogP) is 0.707. The second-order valence-corrected chi connectivity index (χ2v) is 9.24. The van der Waals surface area contributed by atoms with Crippen LogP contribution in [0.2, 0.25) is 0 Å². The van der Waals surface area contributed by atoms with Gasteiger partial charge in [0.2, 0.25) is 5.91 Å². The summed E-state index contributed by atoms with van der Waals surface area (Å²) < 4.78 is 34.0. The first-order valence-electron chi connectivity index (χ1n) is 8.75. The van der Waals surface area contributed by atoms with Gasteiger partial charge < -0.3 is 14.4 Å². The molecule has 2 aliphatic rings. The Bertz CT molecular complexity index is 793. The summed E-state index contributed by atoms with van der Waals surface area (Å²) in [7, 11) is 2.09. The van der Waals surface area contributed by atoms with Gasteiger partial charge in [0, 0.05) is 19.1 Å². The van der Waals surface area contributed by atoms with Crippen molar-refractivity contribution in [2.45, 2.75) is 25.4 Å². The lowest BCUT2D eigenvalue weighted by Gasteiger charge is -2.32. The number of nitrogens with zero attached hydrogens (tertiary/aromatic N) is 2. The molecule has 1 fully saturated rings. The molecule has 1 aromatic carbocycles. The van der Waals surface area contributed by atoms with Crippen LogP contribution in [0.15, 0.2) is 12.1 Å². The van der Waals surface area contributed by atoms with Crippen molar-refractivity contribution in [3.63, 3.8) is 0 Å². The molecule has 2 heterocycles. The predicted molar refractivity (Wildman–Crippen MR) is 98.4 cm³/mol. The van der Waals surface area contributed by atoms with Crippen molar-refractivity contribution in [2.75, 3.05) is 45.9 Å². The molecule has 2 aliphatic heterocycles. The highest BCUT2D eigenvalue weighted by Gasteiger charge is 2.32. The topological polar surface area (TPSA) is 76.2 Å². The van der Waals surface area contributed by atoms with Gasteiger partial charge in [0.1, 0.15) is 0 Å². The van der Waals surface area contributed by atoms with Crippen molar-refractivity contribution in [3.05, 3.63) is 23.3 Å². The molecule has 0 spiro atoms. The number of carbonyl (C=O) groups excluding carboxylic acids is 1. The van der Waals surface area contributed by atoms with Gasteiger partial charge in [-0.15, -0.1) is 0 Å².